The summed E-state index contributed by atoms with van der Waals surface area (Å²) in [5, 5.41) is 20.4. The highest BCUT2D eigenvalue weighted by molar-refractivity contribution is 7.86. The molecule has 1 aliphatic heterocycles. The molecule has 0 amide bonds. The van der Waals surface area contributed by atoms with Crippen molar-refractivity contribution in [3.8, 4) is 0 Å². The van der Waals surface area contributed by atoms with Gasteiger partial charge in [-0.25, -0.2) is 28.3 Å². The van der Waals surface area contributed by atoms with Gasteiger partial charge in [-0.1, -0.05) is 0 Å². The van der Waals surface area contributed by atoms with Crippen LogP contribution in [0.4, 0.5) is 5.82 Å². The zero-order valence-electron chi connectivity index (χ0n) is 14.8. The molecular weight excluding hydrogens is 492 g/mol. The molecule has 1 unspecified atom stereocenters. The number of phosphoric acid groups is 2. The van der Waals surface area contributed by atoms with Crippen LogP contribution in [0.1, 0.15) is 6.23 Å². The van der Waals surface area contributed by atoms with Crippen LogP contribution in [0.5, 0.6) is 0 Å². The second-order valence-electron chi connectivity index (χ2n) is 5.94. The fourth-order valence-corrected chi connectivity index (χ4v) is 5.41. The number of nitrogens with zero attached hydrogens (tertiary/aromatic N) is 4. The first-order chi connectivity index (χ1) is 14.2. The van der Waals surface area contributed by atoms with E-state index in [0.29, 0.717) is 0 Å². The van der Waals surface area contributed by atoms with Crippen molar-refractivity contribution in [2.45, 2.75) is 24.5 Å². The largest absolute Gasteiger partial charge is 0.497 e. The number of fused-ring (bicyclic) bond motifs is 1. The second-order valence-corrected chi connectivity index (χ2v) is 10.2. The maximum Gasteiger partial charge on any atom is 0.497 e. The van der Waals surface area contributed by atoms with Gasteiger partial charge in [-0.2, -0.15) is 12.7 Å². The molecule has 3 rings (SSSR count). The van der Waals surface area contributed by atoms with Crippen LogP contribution in [0.25, 0.3) is 11.2 Å². The van der Waals surface area contributed by atoms with E-state index in [2.05, 4.69) is 27.4 Å². The predicted molar refractivity (Wildman–Crippen MR) is 94.6 cm³/mol. The van der Waals surface area contributed by atoms with Crippen molar-refractivity contribution < 1.29 is 59.6 Å². The number of hydrogen-bond donors (Lipinski definition) is 6. The summed E-state index contributed by atoms with van der Waals surface area (Å²) < 4.78 is 62.9. The van der Waals surface area contributed by atoms with E-state index in [-0.39, 0.29) is 17.0 Å². The molecule has 0 aliphatic carbocycles. The summed E-state index contributed by atoms with van der Waals surface area (Å²) in [6.45, 7) is -1.03. The van der Waals surface area contributed by atoms with Crippen molar-refractivity contribution in [3.05, 3.63) is 12.7 Å². The monoisotopic (exact) mass is 507 g/mol. The summed E-state index contributed by atoms with van der Waals surface area (Å²) in [5.41, 5.74) is 5.97. The molecule has 0 aromatic carbocycles. The number of nitrogen functional groups attached to an aromatic ring is 1. The lowest BCUT2D eigenvalue weighted by Crippen LogP contribution is -2.34. The van der Waals surface area contributed by atoms with Gasteiger partial charge in [0.05, 0.1) is 12.9 Å². The first-order valence-corrected chi connectivity index (χ1v) is 12.2. The molecule has 7 N–H and O–H groups in total. The summed E-state index contributed by atoms with van der Waals surface area (Å²) in [6, 6.07) is 0. The van der Waals surface area contributed by atoms with Crippen LogP contribution in [0.15, 0.2) is 12.7 Å². The molecule has 0 bridgehead atoms. The zero-order chi connectivity index (χ0) is 23.2. The summed E-state index contributed by atoms with van der Waals surface area (Å²) in [7, 11) is -16.7. The molecule has 0 radical (unpaired) electrons. The highest BCUT2D eigenvalue weighted by Crippen LogP contribution is 2.58. The van der Waals surface area contributed by atoms with E-state index in [1.54, 1.807) is 0 Å². The van der Waals surface area contributed by atoms with Gasteiger partial charge in [-0.05, 0) is 0 Å². The molecule has 18 nitrogen and oxygen atoms in total. The van der Waals surface area contributed by atoms with E-state index in [9.17, 15) is 27.8 Å². The van der Waals surface area contributed by atoms with Crippen molar-refractivity contribution >= 4 is 43.0 Å². The number of hydrogen-bond acceptors (Lipinski definition) is 14. The van der Waals surface area contributed by atoms with Crippen LogP contribution in [-0.4, -0.2) is 77.7 Å². The molecule has 2 aromatic rings. The van der Waals surface area contributed by atoms with Crippen LogP contribution >= 0.6 is 15.6 Å². The van der Waals surface area contributed by atoms with Gasteiger partial charge in [0, 0.05) is 0 Å². The van der Waals surface area contributed by atoms with E-state index in [1.165, 1.54) is 10.9 Å². The van der Waals surface area contributed by atoms with E-state index < -0.39 is 57.2 Å². The van der Waals surface area contributed by atoms with Gasteiger partial charge in [-0.15, -0.1) is 3.97 Å². The average molecular weight is 507 g/mol. The Morgan fingerprint density at radius 3 is 2.48 bits per heavy atom. The van der Waals surface area contributed by atoms with E-state index in [4.69, 9.17) is 25.2 Å². The third-order valence-corrected chi connectivity index (χ3v) is 7.36. The van der Waals surface area contributed by atoms with E-state index >= 15 is 0 Å². The fourth-order valence-electron chi connectivity index (χ4n) is 2.59. The Morgan fingerprint density at radius 2 is 1.84 bits per heavy atom. The molecule has 31 heavy (non-hydrogen) atoms. The number of nitrogens with two attached hydrogens (primary N) is 1. The number of aromatic nitrogens is 4. The maximum absolute atomic E-state index is 11.6. The molecule has 5 atom stereocenters. The van der Waals surface area contributed by atoms with Crippen LogP contribution in [-0.2, 0) is 36.7 Å². The van der Waals surface area contributed by atoms with Crippen LogP contribution in [0.2, 0.25) is 0 Å². The van der Waals surface area contributed by atoms with E-state index in [0.717, 1.165) is 6.33 Å². The standard InChI is InChI=1S/C10H15N5O13P2S/c11-8-5-9(13-2-12-8)15(3-14-5)10-7(17)6(16)4(26-10)1-25-31(23,24)28-30(21,22)27-29(18,19)20/h2-4,6-7,10,16-17H,1H2,(H,21,22)(H2,11,12,13)(H2,18,19,20)/t4-,6-,7-,10-/m1/s1. The number of aliphatic hydroxyl groups excluding tert-OH is 2. The summed E-state index contributed by atoms with van der Waals surface area (Å²) in [6.07, 6.45) is -3.84. The van der Waals surface area contributed by atoms with Gasteiger partial charge in [0.1, 0.15) is 30.2 Å². The Morgan fingerprint density at radius 1 is 1.16 bits per heavy atom. The van der Waals surface area contributed by atoms with Crippen molar-refractivity contribution in [2.24, 2.45) is 0 Å². The SMILES string of the molecule is Nc1ncnc2c1ncn2[C@@H]1O[C@H](COS(=O)(=O)OP(=O)(O)OP(=O)(O)O)[C@@H](O)[C@H]1O. The first-order valence-electron chi connectivity index (χ1n) is 7.84. The maximum atomic E-state index is 11.6. The molecule has 0 saturated carbocycles. The summed E-state index contributed by atoms with van der Waals surface area (Å²) in [5.74, 6) is 0.0332. The third-order valence-electron chi connectivity index (χ3n) is 3.77. The van der Waals surface area contributed by atoms with Crippen LogP contribution in [0, 0.1) is 0 Å². The topological polar surface area (TPSA) is 276 Å². The van der Waals surface area contributed by atoms with Gasteiger partial charge in [0.25, 0.3) is 0 Å². The minimum absolute atomic E-state index is 0.0332. The van der Waals surface area contributed by atoms with Crippen LogP contribution in [0.3, 0.4) is 0 Å². The van der Waals surface area contributed by atoms with Gasteiger partial charge in [-0.3, -0.25) is 4.57 Å². The van der Waals surface area contributed by atoms with Gasteiger partial charge in [0.15, 0.2) is 17.7 Å². The smallest absolute Gasteiger partial charge is 0.387 e. The second kappa shape index (κ2) is 8.39. The molecule has 0 spiro atoms. The molecule has 2 aromatic heterocycles. The van der Waals surface area contributed by atoms with Crippen LogP contribution < -0.4 is 5.73 Å². The predicted octanol–water partition coefficient (Wildman–Crippen LogP) is -2.48. The lowest BCUT2D eigenvalue weighted by Gasteiger charge is -2.16. The Kier molecular flexibility index (Phi) is 6.51. The van der Waals surface area contributed by atoms with E-state index in [1.807, 2.05) is 0 Å². The zero-order valence-corrected chi connectivity index (χ0v) is 17.4. The van der Waals surface area contributed by atoms with Crippen molar-refractivity contribution in [3.63, 3.8) is 0 Å². The van der Waals surface area contributed by atoms with Crippen molar-refractivity contribution in [1.29, 1.82) is 0 Å². The minimum Gasteiger partial charge on any atom is -0.387 e. The summed E-state index contributed by atoms with van der Waals surface area (Å²) >= 11 is 0. The van der Waals surface area contributed by atoms with Crippen molar-refractivity contribution in [1.82, 2.24) is 19.5 Å². The summed E-state index contributed by atoms with van der Waals surface area (Å²) in [4.78, 5) is 37.6. The Hall–Kier alpha value is -1.60. The molecule has 1 saturated heterocycles. The lowest BCUT2D eigenvalue weighted by atomic mass is 10.1. The molecule has 174 valence electrons. The lowest BCUT2D eigenvalue weighted by molar-refractivity contribution is -0.0477. The molecular formula is C10H15N5O13P2S. The Balaban J connectivity index is 1.70. The molecule has 21 heteroatoms. The number of imidazole rings is 1. The quantitative estimate of drug-likeness (QED) is 0.202. The molecule has 1 aliphatic rings. The Labute approximate surface area is 172 Å². The highest BCUT2D eigenvalue weighted by atomic mass is 32.3. The number of anilines is 1. The third kappa shape index (κ3) is 5.61. The normalized spacial score (nSPS) is 26.9. The molecule has 3 heterocycles. The van der Waals surface area contributed by atoms with Gasteiger partial charge in [0.2, 0.25) is 0 Å². The first kappa shape index (κ1) is 24.1. The van der Waals surface area contributed by atoms with Gasteiger partial charge < -0.3 is 35.4 Å². The fraction of sp³-hybridized carbons (Fsp3) is 0.500. The van der Waals surface area contributed by atoms with Gasteiger partial charge >= 0.3 is 26.0 Å². The molecule has 1 fully saturated rings. The number of ether oxygens (including phenoxy) is 1. The Bertz CT molecular complexity index is 1170. The number of rotatable bonds is 8. The number of aliphatic hydroxyl groups is 2. The van der Waals surface area contributed by atoms with Crippen molar-refractivity contribution in [2.75, 3.05) is 12.3 Å². The minimum atomic E-state index is -5.78. The average Bonchev–Trinajstić information content (AvgIpc) is 3.13. The highest BCUT2D eigenvalue weighted by Gasteiger charge is 2.46.